The van der Waals surface area contributed by atoms with E-state index in [-0.39, 0.29) is 27.4 Å². The van der Waals surface area contributed by atoms with Crippen molar-refractivity contribution in [2.24, 2.45) is 0 Å². The minimum atomic E-state index is -0.290. The lowest BCUT2D eigenvalue weighted by Gasteiger charge is -2.27. The van der Waals surface area contributed by atoms with Crippen LogP contribution in [0, 0.1) is 0 Å². The Morgan fingerprint density at radius 2 is 1.17 bits per heavy atom. The van der Waals surface area contributed by atoms with Crippen LogP contribution in [-0.2, 0) is 27.4 Å². The largest absolute Gasteiger partial charge is 0.507 e. The minimum absolute atomic E-state index is 0.00200. The molecule has 58 heavy (non-hydrogen) atoms. The third-order valence-corrected chi connectivity index (χ3v) is 12.7. The van der Waals surface area contributed by atoms with Crippen molar-refractivity contribution < 1.29 is 5.11 Å². The Hall–Kier alpha value is -5.13. The maximum atomic E-state index is 12.4. The minimum Gasteiger partial charge on any atom is -0.507 e. The number of aromatic hydroxyl groups is 1. The molecule has 1 N–H and O–H groups in total. The summed E-state index contributed by atoms with van der Waals surface area (Å²) in [5, 5.41) is 12.4. The zero-order chi connectivity index (χ0) is 41.5. The number of aromatic nitrogens is 3. The van der Waals surface area contributed by atoms with E-state index in [9.17, 15) is 5.11 Å². The Morgan fingerprint density at radius 3 is 1.84 bits per heavy atom. The van der Waals surface area contributed by atoms with E-state index in [1.165, 1.54) is 32.7 Å². The summed E-state index contributed by atoms with van der Waals surface area (Å²) in [5.74, 6) is 1.83. The van der Waals surface area contributed by atoms with Crippen molar-refractivity contribution in [2.75, 3.05) is 0 Å². The average Bonchev–Trinajstić information content (AvgIpc) is 3.47. The Bertz CT molecular complexity index is 2710. The summed E-state index contributed by atoms with van der Waals surface area (Å²) >= 11 is 1.88. The van der Waals surface area contributed by atoms with E-state index in [0.717, 1.165) is 67.5 Å². The molecule has 0 spiro atoms. The van der Waals surface area contributed by atoms with E-state index in [2.05, 4.69) is 197 Å². The lowest BCUT2D eigenvalue weighted by Crippen LogP contribution is -2.17. The highest BCUT2D eigenvalue weighted by Gasteiger charge is 2.31. The van der Waals surface area contributed by atoms with Gasteiger partial charge in [0.05, 0.1) is 33.7 Å². The predicted molar refractivity (Wildman–Crippen MR) is 247 cm³/mol. The molecule has 8 rings (SSSR count). The van der Waals surface area contributed by atoms with Crippen LogP contribution in [0.2, 0.25) is 0 Å². The molecule has 0 fully saturated rings. The number of pyridine rings is 1. The SMILES string of the molecule is CC(C)(C)c1cc(-c2cccc(-c3ccccc3)c2)nc(-c2ccc3c4c2nc(-c2cc(C(C)(C)C)cc(C(C)(C)C)c2O)n4-c2ccc(C(C)(C)C)cc2SC3)c1. The zero-order valence-electron chi connectivity index (χ0n) is 36.3. The van der Waals surface area contributed by atoms with E-state index >= 15 is 0 Å². The number of imidazole rings is 1. The van der Waals surface area contributed by atoms with Gasteiger partial charge in [0.15, 0.2) is 0 Å². The van der Waals surface area contributed by atoms with Crippen molar-refractivity contribution in [1.82, 2.24) is 14.5 Å². The molecule has 1 aliphatic rings. The van der Waals surface area contributed by atoms with E-state index in [1.54, 1.807) is 0 Å². The highest BCUT2D eigenvalue weighted by molar-refractivity contribution is 7.98. The van der Waals surface area contributed by atoms with E-state index in [0.29, 0.717) is 0 Å². The van der Waals surface area contributed by atoms with Gasteiger partial charge in [-0.1, -0.05) is 156 Å². The van der Waals surface area contributed by atoms with E-state index < -0.39 is 0 Å². The Balaban J connectivity index is 1.44. The highest BCUT2D eigenvalue weighted by Crippen LogP contribution is 2.48. The quantitative estimate of drug-likeness (QED) is 0.193. The fraction of sp³-hybridized carbons (Fsp3) is 0.321. The summed E-state index contributed by atoms with van der Waals surface area (Å²) in [4.78, 5) is 12.3. The first-order valence-electron chi connectivity index (χ1n) is 20.6. The van der Waals surface area contributed by atoms with Crippen molar-refractivity contribution in [2.45, 2.75) is 115 Å². The summed E-state index contributed by atoms with van der Waals surface area (Å²) in [6.07, 6.45) is 0. The highest BCUT2D eigenvalue weighted by atomic mass is 32.2. The number of phenolic OH excluding ortho intramolecular Hbond substituents is 1. The molecule has 0 amide bonds. The summed E-state index contributed by atoms with van der Waals surface area (Å²) in [6, 6.07) is 39.5. The van der Waals surface area contributed by atoms with Crippen molar-refractivity contribution in [1.29, 1.82) is 0 Å². The number of nitrogens with zero attached hydrogens (tertiary/aromatic N) is 3. The summed E-state index contributed by atoms with van der Waals surface area (Å²) < 4.78 is 2.34. The van der Waals surface area contributed by atoms with Crippen LogP contribution in [0.3, 0.4) is 0 Å². The summed E-state index contributed by atoms with van der Waals surface area (Å²) in [5.41, 5.74) is 15.2. The fourth-order valence-electron chi connectivity index (χ4n) is 7.97. The van der Waals surface area contributed by atoms with Crippen LogP contribution in [0.15, 0.2) is 114 Å². The molecular formula is C53H57N3OS. The van der Waals surface area contributed by atoms with Gasteiger partial charge in [0.25, 0.3) is 0 Å². The second-order valence-electron chi connectivity index (χ2n) is 20.2. The molecule has 0 saturated carbocycles. The van der Waals surface area contributed by atoms with Crippen LogP contribution in [0.25, 0.3) is 61.8 Å². The second kappa shape index (κ2) is 14.0. The number of hydrogen-bond donors (Lipinski definition) is 1. The van der Waals surface area contributed by atoms with Crippen LogP contribution >= 0.6 is 11.8 Å². The molecule has 4 nitrogen and oxygen atoms in total. The van der Waals surface area contributed by atoms with Crippen LogP contribution in [0.5, 0.6) is 5.75 Å². The third kappa shape index (κ3) is 7.28. The first kappa shape index (κ1) is 39.7. The molecule has 1 aliphatic heterocycles. The molecule has 5 aromatic carbocycles. The lowest BCUT2D eigenvalue weighted by molar-refractivity contribution is 0.446. The Kier molecular flexibility index (Phi) is 9.59. The monoisotopic (exact) mass is 783 g/mol. The predicted octanol–water partition coefficient (Wildman–Crippen LogP) is 14.6. The molecule has 7 aromatic rings. The van der Waals surface area contributed by atoms with Gasteiger partial charge in [0.1, 0.15) is 11.6 Å². The normalized spacial score (nSPS) is 13.4. The van der Waals surface area contributed by atoms with E-state index in [4.69, 9.17) is 9.97 Å². The van der Waals surface area contributed by atoms with Gasteiger partial charge in [0.2, 0.25) is 0 Å². The molecule has 0 aliphatic carbocycles. The number of rotatable bonds is 4. The van der Waals surface area contributed by atoms with Crippen LogP contribution in [0.1, 0.15) is 111 Å². The lowest BCUT2D eigenvalue weighted by atomic mass is 9.79. The Labute approximate surface area is 349 Å². The van der Waals surface area contributed by atoms with Crippen molar-refractivity contribution in [3.05, 3.63) is 137 Å². The smallest absolute Gasteiger partial charge is 0.149 e. The number of hydrogen-bond acceptors (Lipinski definition) is 4. The van der Waals surface area contributed by atoms with Crippen LogP contribution in [0.4, 0.5) is 0 Å². The molecule has 0 bridgehead atoms. The summed E-state index contributed by atoms with van der Waals surface area (Å²) in [7, 11) is 0. The third-order valence-electron chi connectivity index (χ3n) is 11.6. The van der Waals surface area contributed by atoms with Gasteiger partial charge in [-0.25, -0.2) is 9.97 Å². The van der Waals surface area contributed by atoms with Crippen LogP contribution < -0.4 is 0 Å². The topological polar surface area (TPSA) is 50.9 Å². The first-order valence-corrected chi connectivity index (χ1v) is 21.6. The molecule has 2 aromatic heterocycles. The van der Waals surface area contributed by atoms with Gasteiger partial charge in [-0.05, 0) is 91.4 Å². The average molecular weight is 784 g/mol. The van der Waals surface area contributed by atoms with Gasteiger partial charge in [-0.2, -0.15) is 0 Å². The van der Waals surface area contributed by atoms with Crippen LogP contribution in [-0.4, -0.2) is 19.6 Å². The number of benzene rings is 5. The number of thioether (sulfide) groups is 1. The van der Waals surface area contributed by atoms with Gasteiger partial charge < -0.3 is 5.11 Å². The Morgan fingerprint density at radius 1 is 0.534 bits per heavy atom. The van der Waals surface area contributed by atoms with Gasteiger partial charge >= 0.3 is 0 Å². The van der Waals surface area contributed by atoms with E-state index in [1.807, 2.05) is 11.8 Å². The molecule has 5 heteroatoms. The number of fused-ring (bicyclic) bond motifs is 2. The fourth-order valence-corrected chi connectivity index (χ4v) is 9.03. The van der Waals surface area contributed by atoms with Gasteiger partial charge in [-0.3, -0.25) is 4.57 Å². The molecule has 0 radical (unpaired) electrons. The second-order valence-corrected chi connectivity index (χ2v) is 21.2. The zero-order valence-corrected chi connectivity index (χ0v) is 37.1. The van der Waals surface area contributed by atoms with Gasteiger partial charge in [0, 0.05) is 27.3 Å². The van der Waals surface area contributed by atoms with Crippen molar-refractivity contribution in [3.8, 4) is 56.5 Å². The standard InChI is InChI=1S/C53H57N3OS/c1-50(2,3)36-22-24-44-45(30-36)58-31-35-21-23-39(46-47(35)56(44)49(55-46)40-26-37(51(4,5)6)27-41(48(40)57)53(10,11)12)43-29-38(52(7,8)9)28-42(54-43)34-20-16-19-33(25-34)32-17-14-13-15-18-32/h13-30,57H,31H2,1-12H3. The summed E-state index contributed by atoms with van der Waals surface area (Å²) in [6.45, 7) is 26.8. The molecule has 0 atom stereocenters. The van der Waals surface area contributed by atoms with Crippen molar-refractivity contribution >= 4 is 22.8 Å². The molecular weight excluding hydrogens is 727 g/mol. The molecule has 0 unspecified atom stereocenters. The first-order chi connectivity index (χ1) is 27.2. The van der Waals surface area contributed by atoms with Crippen molar-refractivity contribution in [3.63, 3.8) is 0 Å². The molecule has 3 heterocycles. The van der Waals surface area contributed by atoms with Gasteiger partial charge in [-0.15, -0.1) is 11.8 Å². The number of phenols is 1. The molecule has 296 valence electrons. The maximum Gasteiger partial charge on any atom is 0.149 e. The molecule has 0 saturated heterocycles. The maximum absolute atomic E-state index is 12.4.